The summed E-state index contributed by atoms with van der Waals surface area (Å²) in [6.45, 7) is 4.95. The third-order valence-electron chi connectivity index (χ3n) is 3.71. The molecule has 1 saturated heterocycles. The molecule has 0 aliphatic carbocycles. The van der Waals surface area contributed by atoms with E-state index in [9.17, 15) is 4.79 Å². The number of anilines is 1. The first kappa shape index (κ1) is 19.6. The molecule has 1 aliphatic heterocycles. The molecule has 25 heavy (non-hydrogen) atoms. The van der Waals surface area contributed by atoms with Crippen LogP contribution in [0.4, 0.5) is 5.69 Å². The molecular weight excluding hydrogens is 453 g/mol. The van der Waals surface area contributed by atoms with Gasteiger partial charge in [0.05, 0.1) is 18.4 Å². The van der Waals surface area contributed by atoms with Crippen molar-refractivity contribution < 1.29 is 4.79 Å². The zero-order valence-electron chi connectivity index (χ0n) is 14.3. The maximum atomic E-state index is 12.5. The highest BCUT2D eigenvalue weighted by atomic mass is 127. The molecule has 2 aromatic rings. The largest absolute Gasteiger partial charge is 0.356 e. The average molecular weight is 475 g/mol. The Morgan fingerprint density at radius 3 is 2.88 bits per heavy atom. The number of halogens is 1. The van der Waals surface area contributed by atoms with Crippen LogP contribution in [0, 0.1) is 0 Å². The predicted molar refractivity (Wildman–Crippen MR) is 109 cm³/mol. The monoisotopic (exact) mass is 475 g/mol. The molecule has 1 N–H and O–H groups in total. The Bertz CT molecular complexity index is 715. The number of rotatable bonds is 4. The van der Waals surface area contributed by atoms with Crippen LogP contribution in [0.25, 0.3) is 0 Å². The molecular formula is C15H22IN7OS. The second-order valence-corrected chi connectivity index (χ2v) is 6.41. The van der Waals surface area contributed by atoms with E-state index in [0.29, 0.717) is 19.6 Å². The molecule has 2 aromatic heterocycles. The van der Waals surface area contributed by atoms with Crippen molar-refractivity contribution in [2.45, 2.75) is 13.5 Å². The minimum Gasteiger partial charge on any atom is -0.356 e. The van der Waals surface area contributed by atoms with Crippen LogP contribution in [0.15, 0.2) is 29.0 Å². The molecule has 10 heteroatoms. The van der Waals surface area contributed by atoms with Gasteiger partial charge in [-0.2, -0.15) is 5.10 Å². The topological polar surface area (TPSA) is 78.7 Å². The molecule has 0 spiro atoms. The van der Waals surface area contributed by atoms with Crippen LogP contribution in [0.5, 0.6) is 0 Å². The fourth-order valence-corrected chi connectivity index (χ4v) is 3.11. The first-order valence-electron chi connectivity index (χ1n) is 7.88. The lowest BCUT2D eigenvalue weighted by Crippen LogP contribution is -2.55. The van der Waals surface area contributed by atoms with Gasteiger partial charge in [0, 0.05) is 44.5 Å². The number of nitrogens with zero attached hydrogens (tertiary/aromatic N) is 6. The molecule has 0 radical (unpaired) electrons. The number of aliphatic imine (C=N–C) groups is 1. The van der Waals surface area contributed by atoms with Crippen LogP contribution in [-0.4, -0.2) is 57.7 Å². The first-order valence-corrected chi connectivity index (χ1v) is 8.76. The van der Waals surface area contributed by atoms with Crippen LogP contribution in [-0.2, 0) is 18.4 Å². The van der Waals surface area contributed by atoms with E-state index in [-0.39, 0.29) is 29.9 Å². The Labute approximate surface area is 168 Å². The Balaban J connectivity index is 0.00000225. The fourth-order valence-electron chi connectivity index (χ4n) is 2.57. The van der Waals surface area contributed by atoms with Gasteiger partial charge < -0.3 is 15.1 Å². The number of hydrogen-bond acceptors (Lipinski definition) is 5. The smallest absolute Gasteiger partial charge is 0.246 e. The average Bonchev–Trinajstić information content (AvgIpc) is 3.23. The number of carbonyl (C=O) groups is 1. The van der Waals surface area contributed by atoms with E-state index < -0.39 is 0 Å². The minimum atomic E-state index is 0. The number of guanidine groups is 1. The molecule has 0 bridgehead atoms. The second kappa shape index (κ2) is 9.13. The summed E-state index contributed by atoms with van der Waals surface area (Å²) in [5.74, 6) is 0.806. The Morgan fingerprint density at radius 1 is 1.44 bits per heavy atom. The molecule has 0 atom stereocenters. The fraction of sp³-hybridized carbons (Fsp3) is 0.467. The summed E-state index contributed by atoms with van der Waals surface area (Å²) >= 11 is 1.58. The number of thiazole rings is 1. The van der Waals surface area contributed by atoms with Gasteiger partial charge in [0.1, 0.15) is 11.6 Å². The maximum Gasteiger partial charge on any atom is 0.246 e. The van der Waals surface area contributed by atoms with Gasteiger partial charge in [0.25, 0.3) is 0 Å². The summed E-state index contributed by atoms with van der Waals surface area (Å²) in [4.78, 5) is 25.1. The van der Waals surface area contributed by atoms with Gasteiger partial charge in [-0.3, -0.25) is 9.48 Å². The number of aryl methyl sites for hydroxylation is 1. The molecule has 3 rings (SSSR count). The third-order valence-corrected chi connectivity index (χ3v) is 4.47. The molecule has 3 heterocycles. The lowest BCUT2D eigenvalue weighted by atomic mass is 10.3. The van der Waals surface area contributed by atoms with E-state index in [1.54, 1.807) is 33.3 Å². The number of piperazine rings is 1. The number of carbonyl (C=O) groups excluding carboxylic acids is 1. The number of hydrogen-bond donors (Lipinski definition) is 1. The normalized spacial score (nSPS) is 15.3. The van der Waals surface area contributed by atoms with Crippen LogP contribution in [0.3, 0.4) is 0 Å². The van der Waals surface area contributed by atoms with Crippen LogP contribution >= 0.6 is 35.3 Å². The molecule has 1 fully saturated rings. The summed E-state index contributed by atoms with van der Waals surface area (Å²) in [5, 5.41) is 10.3. The Kier molecular flexibility index (Phi) is 7.17. The molecule has 8 nitrogen and oxygen atoms in total. The van der Waals surface area contributed by atoms with E-state index in [0.717, 1.165) is 29.7 Å². The zero-order valence-corrected chi connectivity index (χ0v) is 17.4. The van der Waals surface area contributed by atoms with E-state index in [4.69, 9.17) is 0 Å². The van der Waals surface area contributed by atoms with Gasteiger partial charge in [0.2, 0.25) is 5.91 Å². The van der Waals surface area contributed by atoms with Gasteiger partial charge in [-0.25, -0.2) is 9.98 Å². The summed E-state index contributed by atoms with van der Waals surface area (Å²) in [6.07, 6.45) is 5.35. The van der Waals surface area contributed by atoms with Crippen LogP contribution in [0.1, 0.15) is 11.9 Å². The standard InChI is InChI=1S/C15H21N7OS.HI/c1-3-16-15(18-9-13-17-4-7-24-13)21-5-6-22(14(23)11-21)12-8-19-20(2)10-12;/h4,7-8,10H,3,5-6,9,11H2,1-2H3,(H,16,18);1H. The van der Waals surface area contributed by atoms with Crippen LogP contribution in [0.2, 0.25) is 0 Å². The molecule has 1 aliphatic rings. The molecule has 136 valence electrons. The maximum absolute atomic E-state index is 12.5. The van der Waals surface area contributed by atoms with Crippen molar-refractivity contribution in [3.05, 3.63) is 29.0 Å². The molecule has 0 saturated carbocycles. The Hall–Kier alpha value is -1.69. The van der Waals surface area contributed by atoms with Crippen LogP contribution < -0.4 is 10.2 Å². The van der Waals surface area contributed by atoms with E-state index in [1.165, 1.54) is 0 Å². The van der Waals surface area contributed by atoms with E-state index in [1.807, 2.05) is 30.4 Å². The Morgan fingerprint density at radius 2 is 2.28 bits per heavy atom. The van der Waals surface area contributed by atoms with E-state index >= 15 is 0 Å². The van der Waals surface area contributed by atoms with Crippen molar-refractivity contribution in [3.63, 3.8) is 0 Å². The number of amides is 1. The molecule has 0 aromatic carbocycles. The van der Waals surface area contributed by atoms with Crippen molar-refractivity contribution in [1.29, 1.82) is 0 Å². The summed E-state index contributed by atoms with van der Waals surface area (Å²) in [7, 11) is 1.85. The van der Waals surface area contributed by atoms with Crippen molar-refractivity contribution in [3.8, 4) is 0 Å². The third kappa shape index (κ3) is 4.91. The van der Waals surface area contributed by atoms with Gasteiger partial charge >= 0.3 is 0 Å². The van der Waals surface area contributed by atoms with Gasteiger partial charge in [-0.15, -0.1) is 35.3 Å². The lowest BCUT2D eigenvalue weighted by Gasteiger charge is -2.35. The summed E-state index contributed by atoms with van der Waals surface area (Å²) in [5.41, 5.74) is 0.840. The number of aromatic nitrogens is 3. The van der Waals surface area contributed by atoms with Crippen molar-refractivity contribution in [2.75, 3.05) is 31.1 Å². The quantitative estimate of drug-likeness (QED) is 0.410. The van der Waals surface area contributed by atoms with Crippen molar-refractivity contribution >= 4 is 52.9 Å². The first-order chi connectivity index (χ1) is 11.7. The molecule has 0 unspecified atom stereocenters. The molecule has 1 amide bonds. The highest BCUT2D eigenvalue weighted by Gasteiger charge is 2.27. The second-order valence-electron chi connectivity index (χ2n) is 5.44. The van der Waals surface area contributed by atoms with E-state index in [2.05, 4.69) is 20.4 Å². The highest BCUT2D eigenvalue weighted by Crippen LogP contribution is 2.16. The highest BCUT2D eigenvalue weighted by molar-refractivity contribution is 14.0. The minimum absolute atomic E-state index is 0. The summed E-state index contributed by atoms with van der Waals surface area (Å²) < 4.78 is 1.70. The van der Waals surface area contributed by atoms with Crippen molar-refractivity contribution in [1.82, 2.24) is 25.0 Å². The number of nitrogens with one attached hydrogen (secondary N) is 1. The summed E-state index contributed by atoms with van der Waals surface area (Å²) in [6, 6.07) is 0. The van der Waals surface area contributed by atoms with Gasteiger partial charge in [-0.05, 0) is 6.92 Å². The van der Waals surface area contributed by atoms with Crippen molar-refractivity contribution in [2.24, 2.45) is 12.0 Å². The van der Waals surface area contributed by atoms with Gasteiger partial charge in [-0.1, -0.05) is 0 Å². The zero-order chi connectivity index (χ0) is 16.9. The van der Waals surface area contributed by atoms with Gasteiger partial charge in [0.15, 0.2) is 5.96 Å². The SMILES string of the molecule is CCNC(=NCc1nccs1)N1CCN(c2cnn(C)c2)C(=O)C1.I. The lowest BCUT2D eigenvalue weighted by molar-refractivity contribution is -0.120. The predicted octanol–water partition coefficient (Wildman–Crippen LogP) is 1.31.